The van der Waals surface area contributed by atoms with Crippen LogP contribution in [0.3, 0.4) is 0 Å². The summed E-state index contributed by atoms with van der Waals surface area (Å²) in [6.07, 6.45) is 0. The fraction of sp³-hybridized carbons (Fsp3) is 0.222. The third-order valence-electron chi connectivity index (χ3n) is 1.74. The summed E-state index contributed by atoms with van der Waals surface area (Å²) in [7, 11) is 3.26. The van der Waals surface area contributed by atoms with Crippen molar-refractivity contribution in [2.75, 3.05) is 14.1 Å². The summed E-state index contributed by atoms with van der Waals surface area (Å²) in [6.45, 7) is 0. The van der Waals surface area contributed by atoms with Crippen molar-refractivity contribution in [1.82, 2.24) is 10.4 Å². The van der Waals surface area contributed by atoms with Crippen LogP contribution in [0.1, 0.15) is 10.4 Å². The molecule has 1 aromatic carbocycles. The van der Waals surface area contributed by atoms with Gasteiger partial charge >= 0.3 is 0 Å². The molecule has 1 aromatic rings. The van der Waals surface area contributed by atoms with E-state index in [4.69, 9.17) is 11.6 Å². The first-order chi connectivity index (χ1) is 7.43. The zero-order valence-electron chi connectivity index (χ0n) is 8.73. The Bertz CT molecular complexity index is 434. The summed E-state index contributed by atoms with van der Waals surface area (Å²) in [5, 5.41) is 11.9. The average molecular weight is 244 g/mol. The van der Waals surface area contributed by atoms with E-state index in [1.54, 1.807) is 14.1 Å². The molecule has 1 amide bonds. The van der Waals surface area contributed by atoms with Crippen molar-refractivity contribution in [3.63, 3.8) is 0 Å². The minimum atomic E-state index is -0.630. The third-order valence-corrected chi connectivity index (χ3v) is 2.14. The number of nitrogens with one attached hydrogen (secondary N) is 1. The summed E-state index contributed by atoms with van der Waals surface area (Å²) in [4.78, 5) is 21.6. The molecule has 0 spiro atoms. The van der Waals surface area contributed by atoms with Gasteiger partial charge in [-0.1, -0.05) is 17.7 Å². The second-order valence-electron chi connectivity index (χ2n) is 3.23. The molecule has 0 aromatic heterocycles. The molecule has 16 heavy (non-hydrogen) atoms. The zero-order chi connectivity index (χ0) is 12.3. The molecule has 0 aliphatic carbocycles. The van der Waals surface area contributed by atoms with E-state index in [0.717, 1.165) is 0 Å². The van der Waals surface area contributed by atoms with Gasteiger partial charge in [-0.2, -0.15) is 0 Å². The van der Waals surface area contributed by atoms with E-state index in [9.17, 15) is 14.9 Å². The summed E-state index contributed by atoms with van der Waals surface area (Å²) < 4.78 is 0. The highest BCUT2D eigenvalue weighted by molar-refractivity contribution is 6.35. The third kappa shape index (κ3) is 2.68. The van der Waals surface area contributed by atoms with Crippen molar-refractivity contribution in [2.45, 2.75) is 0 Å². The molecule has 0 saturated heterocycles. The van der Waals surface area contributed by atoms with Crippen molar-refractivity contribution in [1.29, 1.82) is 0 Å². The Morgan fingerprint density at radius 1 is 1.50 bits per heavy atom. The standard InChI is InChI=1S/C9H10ClN3O3/c1-12(2)11-9(14)6-4-3-5-7(8(6)10)13(15)16/h3-5H,1-2H3,(H,11,14). The van der Waals surface area contributed by atoms with Crippen molar-refractivity contribution < 1.29 is 9.72 Å². The van der Waals surface area contributed by atoms with E-state index >= 15 is 0 Å². The Labute approximate surface area is 96.9 Å². The SMILES string of the molecule is CN(C)NC(=O)c1cccc([N+](=O)[O-])c1Cl. The van der Waals surface area contributed by atoms with Gasteiger partial charge in [-0.3, -0.25) is 20.3 Å². The number of nitrogens with zero attached hydrogens (tertiary/aromatic N) is 2. The predicted octanol–water partition coefficient (Wildman–Crippen LogP) is 1.45. The van der Waals surface area contributed by atoms with Gasteiger partial charge in [-0.25, -0.2) is 5.01 Å². The van der Waals surface area contributed by atoms with E-state index in [1.165, 1.54) is 23.2 Å². The first kappa shape index (κ1) is 12.4. The smallest absolute Gasteiger partial charge is 0.285 e. The zero-order valence-corrected chi connectivity index (χ0v) is 9.49. The molecule has 0 radical (unpaired) electrons. The molecule has 0 fully saturated rings. The van der Waals surface area contributed by atoms with Crippen LogP contribution < -0.4 is 5.43 Å². The van der Waals surface area contributed by atoms with Crippen LogP contribution in [0.5, 0.6) is 0 Å². The fourth-order valence-electron chi connectivity index (χ4n) is 1.10. The van der Waals surface area contributed by atoms with Crippen LogP contribution in [-0.2, 0) is 0 Å². The molecule has 86 valence electrons. The maximum atomic E-state index is 11.6. The molecule has 7 heteroatoms. The Morgan fingerprint density at radius 2 is 2.12 bits per heavy atom. The second-order valence-corrected chi connectivity index (χ2v) is 3.61. The van der Waals surface area contributed by atoms with Crippen molar-refractivity contribution in [3.8, 4) is 0 Å². The number of hydrazine groups is 1. The highest BCUT2D eigenvalue weighted by Gasteiger charge is 2.19. The normalized spacial score (nSPS) is 10.2. The summed E-state index contributed by atoms with van der Waals surface area (Å²) >= 11 is 5.76. The monoisotopic (exact) mass is 243 g/mol. The van der Waals surface area contributed by atoms with Crippen LogP contribution in [0, 0.1) is 10.1 Å². The van der Waals surface area contributed by atoms with Crippen LogP contribution in [0.25, 0.3) is 0 Å². The van der Waals surface area contributed by atoms with Gasteiger partial charge in [0.15, 0.2) is 0 Å². The van der Waals surface area contributed by atoms with Gasteiger partial charge in [0.2, 0.25) is 0 Å². The lowest BCUT2D eigenvalue weighted by molar-refractivity contribution is -0.384. The molecule has 0 unspecified atom stereocenters. The van der Waals surface area contributed by atoms with E-state index in [0.29, 0.717) is 0 Å². The lowest BCUT2D eigenvalue weighted by Crippen LogP contribution is -2.36. The number of carbonyl (C=O) groups excluding carboxylic acids is 1. The summed E-state index contributed by atoms with van der Waals surface area (Å²) in [6, 6.07) is 4.08. The van der Waals surface area contributed by atoms with Crippen molar-refractivity contribution in [3.05, 3.63) is 38.9 Å². The number of carbonyl (C=O) groups is 1. The molecule has 0 aliphatic heterocycles. The molecular formula is C9H10ClN3O3. The van der Waals surface area contributed by atoms with Crippen LogP contribution in [0.15, 0.2) is 18.2 Å². The highest BCUT2D eigenvalue weighted by Crippen LogP contribution is 2.27. The Hall–Kier alpha value is -1.66. The van der Waals surface area contributed by atoms with E-state index < -0.39 is 10.8 Å². The molecule has 0 aliphatic rings. The molecule has 6 nitrogen and oxygen atoms in total. The summed E-state index contributed by atoms with van der Waals surface area (Å²) in [5.41, 5.74) is 2.24. The van der Waals surface area contributed by atoms with Crippen LogP contribution >= 0.6 is 11.6 Å². The maximum Gasteiger partial charge on any atom is 0.288 e. The number of hydrogen-bond acceptors (Lipinski definition) is 4. The van der Waals surface area contributed by atoms with E-state index in [2.05, 4.69) is 5.43 Å². The van der Waals surface area contributed by atoms with E-state index in [-0.39, 0.29) is 16.3 Å². The van der Waals surface area contributed by atoms with Gasteiger partial charge in [0.25, 0.3) is 11.6 Å². The molecule has 0 atom stereocenters. The average Bonchev–Trinajstić information content (AvgIpc) is 2.16. The van der Waals surface area contributed by atoms with Gasteiger partial charge < -0.3 is 0 Å². The maximum absolute atomic E-state index is 11.6. The minimum Gasteiger partial charge on any atom is -0.285 e. The van der Waals surface area contributed by atoms with E-state index in [1.807, 2.05) is 0 Å². The van der Waals surface area contributed by atoms with Crippen LogP contribution in [0.4, 0.5) is 5.69 Å². The lowest BCUT2D eigenvalue weighted by atomic mass is 10.2. The minimum absolute atomic E-state index is 0.0737. The van der Waals surface area contributed by atoms with Crippen molar-refractivity contribution in [2.24, 2.45) is 0 Å². The number of nitro benzene ring substituents is 1. The van der Waals surface area contributed by atoms with Gasteiger partial charge in [0.05, 0.1) is 10.5 Å². The highest BCUT2D eigenvalue weighted by atomic mass is 35.5. The largest absolute Gasteiger partial charge is 0.288 e. The lowest BCUT2D eigenvalue weighted by Gasteiger charge is -2.12. The van der Waals surface area contributed by atoms with Gasteiger partial charge in [0, 0.05) is 20.2 Å². The molecule has 0 bridgehead atoms. The number of nitro groups is 1. The number of halogens is 1. The van der Waals surface area contributed by atoms with Gasteiger partial charge in [0.1, 0.15) is 5.02 Å². The summed E-state index contributed by atoms with van der Waals surface area (Å²) in [5.74, 6) is -0.487. The number of rotatable bonds is 3. The topological polar surface area (TPSA) is 75.5 Å². The number of hydrogen-bond donors (Lipinski definition) is 1. The quantitative estimate of drug-likeness (QED) is 0.644. The number of benzene rings is 1. The predicted molar refractivity (Wildman–Crippen MR) is 59.3 cm³/mol. The Morgan fingerprint density at radius 3 is 2.62 bits per heavy atom. The molecular weight excluding hydrogens is 234 g/mol. The van der Waals surface area contributed by atoms with Gasteiger partial charge in [-0.15, -0.1) is 0 Å². The van der Waals surface area contributed by atoms with Crippen molar-refractivity contribution >= 4 is 23.2 Å². The molecule has 1 rings (SSSR count). The van der Waals surface area contributed by atoms with Gasteiger partial charge in [-0.05, 0) is 6.07 Å². The molecule has 0 saturated carbocycles. The van der Waals surface area contributed by atoms with Crippen LogP contribution in [-0.4, -0.2) is 29.9 Å². The first-order valence-corrected chi connectivity index (χ1v) is 4.72. The number of amides is 1. The first-order valence-electron chi connectivity index (χ1n) is 4.34. The Kier molecular flexibility index (Phi) is 3.81. The van der Waals surface area contributed by atoms with Crippen LogP contribution in [0.2, 0.25) is 5.02 Å². The second kappa shape index (κ2) is 4.91. The molecule has 1 N–H and O–H groups in total. The Balaban J connectivity index is 3.10. The molecule has 0 heterocycles. The fourth-order valence-corrected chi connectivity index (χ4v) is 1.38.